The van der Waals surface area contributed by atoms with Crippen LogP contribution in [-0.2, 0) is 84.4 Å². The predicted octanol–water partition coefficient (Wildman–Crippen LogP) is 8.50. The number of benzene rings is 4. The number of thioether (sulfide) groups is 1. The van der Waals surface area contributed by atoms with Gasteiger partial charge < -0.3 is 62.2 Å². The molecule has 5 unspecified atom stereocenters. The lowest BCUT2D eigenvalue weighted by Crippen LogP contribution is -2.67. The number of carbonyl (C=O) groups excluding carboxylic acids is 5. The van der Waals surface area contributed by atoms with E-state index in [1.165, 1.54) is 18.7 Å². The minimum atomic E-state index is -1.55. The van der Waals surface area contributed by atoms with Crippen LogP contribution in [0.1, 0.15) is 88.4 Å². The Morgan fingerprint density at radius 2 is 1.36 bits per heavy atom. The van der Waals surface area contributed by atoms with Gasteiger partial charge in [-0.2, -0.15) is 9.59 Å². The van der Waals surface area contributed by atoms with Crippen LogP contribution >= 0.6 is 11.8 Å². The van der Waals surface area contributed by atoms with Crippen LogP contribution in [0, 0.1) is 18.8 Å². The minimum absolute atomic E-state index is 0.00696. The molecule has 0 saturated carbocycles. The molecule has 18 nitrogen and oxygen atoms in total. The quantitative estimate of drug-likeness (QED) is 0.0689. The monoisotopic (exact) mass is 1100 g/mol. The Balaban J connectivity index is 0.00000262. The summed E-state index contributed by atoms with van der Waals surface area (Å²) in [4.78, 5) is 57.2. The van der Waals surface area contributed by atoms with E-state index in [-0.39, 0.29) is 44.2 Å². The number of nitrogens with one attached hydrogen (secondary N) is 1. The van der Waals surface area contributed by atoms with Crippen molar-refractivity contribution in [1.82, 2.24) is 5.32 Å². The second-order valence-electron chi connectivity index (χ2n) is 20.9. The second-order valence-corrected chi connectivity index (χ2v) is 22.1. The Bertz CT molecular complexity index is 2610. The summed E-state index contributed by atoms with van der Waals surface area (Å²) in [6.45, 7) is 15.4. The number of alkyl carbamates (subject to hydrolysis) is 1. The van der Waals surface area contributed by atoms with Crippen molar-refractivity contribution < 1.29 is 80.8 Å². The van der Waals surface area contributed by atoms with E-state index in [1.54, 1.807) is 31.2 Å². The molecule has 5 saturated heterocycles. The first kappa shape index (κ1) is 58.6. The molecule has 5 aliphatic heterocycles. The van der Waals surface area contributed by atoms with Crippen LogP contribution < -0.4 is 5.32 Å². The number of hydrogen-bond donors (Lipinski definition) is 1. The molecule has 4 aromatic rings. The Morgan fingerprint density at radius 1 is 0.731 bits per heavy atom. The molecular weight excluding hydrogens is 1030 g/mol. The highest BCUT2D eigenvalue weighted by molar-refractivity contribution is 7.99. The van der Waals surface area contributed by atoms with Crippen LogP contribution in [0.2, 0.25) is 0 Å². The molecule has 1 amide bonds. The lowest BCUT2D eigenvalue weighted by atomic mass is 9.84. The Morgan fingerprint density at radius 3 is 2.00 bits per heavy atom. The van der Waals surface area contributed by atoms with Crippen LogP contribution in [-0.4, -0.2) is 128 Å². The van der Waals surface area contributed by atoms with Gasteiger partial charge in [-0.1, -0.05) is 129 Å². The third-order valence-corrected chi connectivity index (χ3v) is 15.7. The number of ether oxygens (including phenoxy) is 12. The van der Waals surface area contributed by atoms with Crippen LogP contribution in [0.4, 0.5) is 4.79 Å². The van der Waals surface area contributed by atoms with E-state index in [0.717, 1.165) is 21.6 Å². The molecular formula is C59H71NO17S. The van der Waals surface area contributed by atoms with Crippen molar-refractivity contribution in [1.29, 1.82) is 0 Å². The van der Waals surface area contributed by atoms with Crippen molar-refractivity contribution in [3.8, 4) is 0 Å². The zero-order valence-corrected chi connectivity index (χ0v) is 46.0. The molecule has 4 aromatic carbocycles. The Hall–Kier alpha value is -5.54. The number of aryl methyl sites for hydroxylation is 1. The van der Waals surface area contributed by atoms with Crippen LogP contribution in [0.5, 0.6) is 0 Å². The third kappa shape index (κ3) is 14.8. The third-order valence-electron chi connectivity index (χ3n) is 14.6. The molecule has 0 aromatic heterocycles. The zero-order valence-electron chi connectivity index (χ0n) is 45.2. The summed E-state index contributed by atoms with van der Waals surface area (Å²) in [7, 11) is 0. The fourth-order valence-electron chi connectivity index (χ4n) is 10.6. The van der Waals surface area contributed by atoms with E-state index in [0.29, 0.717) is 18.6 Å². The van der Waals surface area contributed by atoms with Crippen molar-refractivity contribution in [3.63, 3.8) is 0 Å². The summed E-state index contributed by atoms with van der Waals surface area (Å²) in [5.41, 5.74) is 2.39. The van der Waals surface area contributed by atoms with Crippen molar-refractivity contribution in [3.05, 3.63) is 138 Å². The van der Waals surface area contributed by atoms with E-state index in [2.05, 4.69) is 12.2 Å². The molecule has 420 valence electrons. The maximum Gasteiger partial charge on any atom is 0.407 e. The first-order valence-corrected chi connectivity index (χ1v) is 27.4. The van der Waals surface area contributed by atoms with Gasteiger partial charge in [0.15, 0.2) is 24.0 Å². The average Bonchev–Trinajstić information content (AvgIpc) is 4.11. The van der Waals surface area contributed by atoms with Crippen LogP contribution in [0.3, 0.4) is 0 Å². The molecule has 0 aliphatic carbocycles. The summed E-state index contributed by atoms with van der Waals surface area (Å²) in [5.74, 6) is -4.12. The molecule has 16 atom stereocenters. The molecule has 19 heteroatoms. The fourth-order valence-corrected chi connectivity index (χ4v) is 11.8. The van der Waals surface area contributed by atoms with E-state index in [9.17, 15) is 14.4 Å². The molecule has 1 N–H and O–H groups in total. The zero-order chi connectivity index (χ0) is 55.6. The molecule has 5 fully saturated rings. The molecule has 0 spiro atoms. The van der Waals surface area contributed by atoms with E-state index >= 15 is 0 Å². The first-order valence-electron chi connectivity index (χ1n) is 26.5. The van der Waals surface area contributed by atoms with E-state index < -0.39 is 108 Å². The van der Waals surface area contributed by atoms with Gasteiger partial charge >= 0.3 is 24.2 Å². The highest BCUT2D eigenvalue weighted by Crippen LogP contribution is 2.46. The van der Waals surface area contributed by atoms with Gasteiger partial charge in [-0.15, -0.1) is 0 Å². The minimum Gasteiger partial charge on any atom is -0.463 e. The van der Waals surface area contributed by atoms with Crippen molar-refractivity contribution in [2.24, 2.45) is 11.8 Å². The highest BCUT2D eigenvalue weighted by Gasteiger charge is 2.61. The van der Waals surface area contributed by atoms with Crippen molar-refractivity contribution in [2.75, 3.05) is 13.2 Å². The summed E-state index contributed by atoms with van der Waals surface area (Å²) in [5, 5.41) is 2.98. The van der Waals surface area contributed by atoms with Crippen molar-refractivity contribution >= 4 is 35.9 Å². The number of amides is 1. The number of carbonyl (C=O) groups is 3. The lowest BCUT2D eigenvalue weighted by molar-refractivity contribution is -0.371. The standard InChI is InChI=1S/C58H71NO15S.CO2/c1-9-42-49(72-57(6,7)71-42)50-46-43(68-56(62)59-46)29-58(8,73-50)74-51-48(70-54-36(4)35(3)47(45(66-54)33-64-37(5)60)65-31-39-21-15-11-16-22-39)44(32-63-30-38-19-13-10-14-20-38)67-55(75-41-27-25-34(2)26-28-41)52(51)69-53(61)40-23-17-12-18-24-40;2-1-3/h10-28,35-36,42-52,54-55H,9,29-33H2,1-8H3,(H,59,62);/t35-,36+,42-,43-,44?,45?,46-,47-,48+,49-,50?,51+,52?,54?,55+,58-;/m1./s1. The largest absolute Gasteiger partial charge is 0.463 e. The summed E-state index contributed by atoms with van der Waals surface area (Å²) < 4.78 is 80.5. The molecule has 5 heterocycles. The molecule has 5 aliphatic rings. The average molecular weight is 1100 g/mol. The van der Waals surface area contributed by atoms with Gasteiger partial charge in [-0.25, -0.2) is 9.59 Å². The molecule has 0 radical (unpaired) electrons. The Labute approximate surface area is 459 Å². The fraction of sp³-hybridized carbons (Fsp3) is 0.525. The van der Waals surface area contributed by atoms with Gasteiger partial charge in [0.05, 0.1) is 43.6 Å². The maximum absolute atomic E-state index is 14.6. The SMILES string of the molecule is CC[C@H]1OC(C)(C)O[C@H]1C1O[C@](C)(O[C@@H]2C(OC(=O)c3ccccc3)[C@H](Sc3ccc(C)cc3)OC(COCc3ccccc3)[C@@H]2OC2OC(COC(C)=O)[C@H](OCc3ccccc3)[C@H](C)[C@@H]2C)C[C@H]2OC(=O)N[C@@H]12.O=C=O. The van der Waals surface area contributed by atoms with Crippen LogP contribution in [0.15, 0.2) is 120 Å². The molecule has 78 heavy (non-hydrogen) atoms. The summed E-state index contributed by atoms with van der Waals surface area (Å²) in [6.07, 6.45) is -8.82. The maximum atomic E-state index is 14.6. The first-order chi connectivity index (χ1) is 37.5. The molecule has 0 bridgehead atoms. The Kier molecular flexibility index (Phi) is 20.0. The van der Waals surface area contributed by atoms with Gasteiger partial charge in [0.1, 0.15) is 54.8 Å². The smallest absolute Gasteiger partial charge is 0.407 e. The predicted molar refractivity (Wildman–Crippen MR) is 280 cm³/mol. The summed E-state index contributed by atoms with van der Waals surface area (Å²) in [6, 6.07) is 35.7. The van der Waals surface area contributed by atoms with Gasteiger partial charge in [-0.05, 0) is 75.4 Å². The van der Waals surface area contributed by atoms with Gasteiger partial charge in [0.25, 0.3) is 0 Å². The van der Waals surface area contributed by atoms with E-state index in [1.807, 2.05) is 126 Å². The number of fused-ring (bicyclic) bond motifs is 1. The van der Waals surface area contributed by atoms with Crippen LogP contribution in [0.25, 0.3) is 0 Å². The van der Waals surface area contributed by atoms with E-state index in [4.69, 9.17) is 66.4 Å². The highest BCUT2D eigenvalue weighted by atomic mass is 32.2. The van der Waals surface area contributed by atoms with Gasteiger partial charge in [-0.3, -0.25) is 4.79 Å². The normalized spacial score (nSPS) is 33.0. The van der Waals surface area contributed by atoms with Gasteiger partial charge in [0.2, 0.25) is 0 Å². The molecule has 9 rings (SSSR count). The summed E-state index contributed by atoms with van der Waals surface area (Å²) >= 11 is 1.38. The topological polar surface area (TPSA) is 208 Å². The number of hydrogen-bond acceptors (Lipinski definition) is 18. The number of esters is 2. The number of rotatable bonds is 19. The lowest BCUT2D eigenvalue weighted by Gasteiger charge is -2.52. The second kappa shape index (κ2) is 26.6. The van der Waals surface area contributed by atoms with Crippen molar-refractivity contribution in [2.45, 2.75) is 177 Å². The van der Waals surface area contributed by atoms with Gasteiger partial charge in [0, 0.05) is 24.2 Å².